The molecule has 2 heteroatoms. The number of ether oxygens (including phenoxy) is 1. The van der Waals surface area contributed by atoms with E-state index < -0.39 is 0 Å². The van der Waals surface area contributed by atoms with Crippen LogP contribution in [0, 0.1) is 0 Å². The average molecular weight is 186 g/mol. The summed E-state index contributed by atoms with van der Waals surface area (Å²) in [7, 11) is 0. The van der Waals surface area contributed by atoms with Crippen LogP contribution in [-0.2, 0) is 4.74 Å². The van der Waals surface area contributed by atoms with Crippen LogP contribution in [0.15, 0.2) is 49.4 Å². The predicted octanol–water partition coefficient (Wildman–Crippen LogP) is -0.0661. The molecule has 0 aliphatic heterocycles. The first-order valence-electron chi connectivity index (χ1n) is 3.41. The van der Waals surface area contributed by atoms with E-state index in [4.69, 9.17) is 4.74 Å². The Morgan fingerprint density at radius 2 is 1.92 bits per heavy atom. The van der Waals surface area contributed by atoms with Crippen molar-refractivity contribution in [3.63, 3.8) is 0 Å². The average Bonchev–Trinajstić information content (AvgIpc) is 2.07. The molecule has 0 atom stereocenters. The number of rotatable bonds is 3. The minimum atomic E-state index is 0. The van der Waals surface area contributed by atoms with E-state index in [1.807, 2.05) is 36.4 Å². The SMILES string of the molecule is C=COC=Cc1ccccc1.[H-].[K+]. The van der Waals surface area contributed by atoms with Gasteiger partial charge in [0.25, 0.3) is 0 Å². The van der Waals surface area contributed by atoms with Crippen LogP contribution >= 0.6 is 0 Å². The van der Waals surface area contributed by atoms with Crippen molar-refractivity contribution < 1.29 is 57.5 Å². The Labute approximate surface area is 117 Å². The molecule has 0 saturated heterocycles. The summed E-state index contributed by atoms with van der Waals surface area (Å²) in [5.74, 6) is 0. The van der Waals surface area contributed by atoms with Gasteiger partial charge in [0.2, 0.25) is 0 Å². The van der Waals surface area contributed by atoms with Gasteiger partial charge in [-0.25, -0.2) is 0 Å². The number of hydrogen-bond donors (Lipinski definition) is 0. The molecule has 58 valence electrons. The second-order valence-electron chi connectivity index (χ2n) is 2.02. The Balaban J connectivity index is 0. The van der Waals surface area contributed by atoms with Crippen LogP contribution in [0.2, 0.25) is 0 Å². The molecule has 1 aromatic rings. The Kier molecular flexibility index (Phi) is 7.86. The van der Waals surface area contributed by atoms with E-state index in [0.717, 1.165) is 5.56 Å². The summed E-state index contributed by atoms with van der Waals surface area (Å²) in [4.78, 5) is 0. The molecule has 0 fully saturated rings. The molecule has 0 bridgehead atoms. The fraction of sp³-hybridized carbons (Fsp3) is 0. The van der Waals surface area contributed by atoms with Crippen molar-refractivity contribution in [2.24, 2.45) is 0 Å². The van der Waals surface area contributed by atoms with Crippen molar-refractivity contribution in [3.05, 3.63) is 55.0 Å². The zero-order chi connectivity index (χ0) is 7.94. The molecule has 0 spiro atoms. The number of hydrogen-bond acceptors (Lipinski definition) is 1. The molecule has 0 saturated carbocycles. The minimum Gasteiger partial charge on any atom is -1.00 e. The van der Waals surface area contributed by atoms with E-state index >= 15 is 0 Å². The molecule has 0 amide bonds. The fourth-order valence-electron chi connectivity index (χ4n) is 0.738. The summed E-state index contributed by atoms with van der Waals surface area (Å²) in [6.07, 6.45) is 4.86. The number of benzene rings is 1. The van der Waals surface area contributed by atoms with Gasteiger partial charge in [0.15, 0.2) is 0 Å². The molecule has 0 aromatic heterocycles. The first-order chi connectivity index (χ1) is 5.43. The van der Waals surface area contributed by atoms with Gasteiger partial charge >= 0.3 is 51.4 Å². The molecule has 0 aliphatic rings. The van der Waals surface area contributed by atoms with Crippen LogP contribution in [0.4, 0.5) is 0 Å². The quantitative estimate of drug-likeness (QED) is 0.474. The van der Waals surface area contributed by atoms with Crippen LogP contribution in [0.5, 0.6) is 0 Å². The van der Waals surface area contributed by atoms with Crippen molar-refractivity contribution in [2.75, 3.05) is 0 Å². The molecular formula is C10H11KO. The molecular weight excluding hydrogens is 175 g/mol. The molecule has 0 unspecified atom stereocenters. The van der Waals surface area contributed by atoms with Crippen LogP contribution < -0.4 is 51.4 Å². The third-order valence-electron chi connectivity index (χ3n) is 1.23. The zero-order valence-corrected chi connectivity index (χ0v) is 10.4. The zero-order valence-electron chi connectivity index (χ0n) is 8.23. The fourth-order valence-corrected chi connectivity index (χ4v) is 0.738. The van der Waals surface area contributed by atoms with Gasteiger partial charge in [-0.05, 0) is 11.6 Å². The molecule has 12 heavy (non-hydrogen) atoms. The minimum absolute atomic E-state index is 0. The third-order valence-corrected chi connectivity index (χ3v) is 1.23. The van der Waals surface area contributed by atoms with Gasteiger partial charge in [-0.3, -0.25) is 0 Å². The Morgan fingerprint density at radius 1 is 1.25 bits per heavy atom. The monoisotopic (exact) mass is 186 g/mol. The maximum Gasteiger partial charge on any atom is 1.00 e. The van der Waals surface area contributed by atoms with Gasteiger partial charge in [-0.15, -0.1) is 0 Å². The van der Waals surface area contributed by atoms with E-state index in [1.165, 1.54) is 6.26 Å². The second kappa shape index (κ2) is 7.77. The van der Waals surface area contributed by atoms with Crippen LogP contribution in [0.3, 0.4) is 0 Å². The van der Waals surface area contributed by atoms with E-state index in [9.17, 15) is 0 Å². The molecule has 1 rings (SSSR count). The van der Waals surface area contributed by atoms with Crippen molar-refractivity contribution in [3.8, 4) is 0 Å². The van der Waals surface area contributed by atoms with Gasteiger partial charge in [0.05, 0.1) is 12.5 Å². The largest absolute Gasteiger partial charge is 1.00 e. The second-order valence-corrected chi connectivity index (χ2v) is 2.02. The summed E-state index contributed by atoms with van der Waals surface area (Å²) in [5.41, 5.74) is 1.12. The van der Waals surface area contributed by atoms with Crippen molar-refractivity contribution >= 4 is 6.08 Å². The molecule has 0 radical (unpaired) electrons. The van der Waals surface area contributed by atoms with Crippen molar-refractivity contribution in [1.82, 2.24) is 0 Å². The predicted molar refractivity (Wildman–Crippen MR) is 47.9 cm³/mol. The summed E-state index contributed by atoms with van der Waals surface area (Å²) in [6.45, 7) is 3.42. The van der Waals surface area contributed by atoms with Gasteiger partial charge in [0.1, 0.15) is 0 Å². The molecule has 0 N–H and O–H groups in total. The summed E-state index contributed by atoms with van der Waals surface area (Å²) >= 11 is 0. The Bertz CT molecular complexity index is 246. The van der Waals surface area contributed by atoms with E-state index in [2.05, 4.69) is 6.58 Å². The Morgan fingerprint density at radius 3 is 2.50 bits per heavy atom. The molecule has 1 aromatic carbocycles. The normalized spacial score (nSPS) is 9.00. The molecule has 1 nitrogen and oxygen atoms in total. The van der Waals surface area contributed by atoms with Gasteiger partial charge in [-0.2, -0.15) is 0 Å². The standard InChI is InChI=1S/C10H10O.K.H/c1-2-11-9-8-10-6-4-3-5-7-10;;/h2-9H,1H2;;/q;+1;-1. The maximum atomic E-state index is 4.82. The van der Waals surface area contributed by atoms with Crippen LogP contribution in [0.1, 0.15) is 6.99 Å². The summed E-state index contributed by atoms with van der Waals surface area (Å²) in [5, 5.41) is 0. The summed E-state index contributed by atoms with van der Waals surface area (Å²) < 4.78 is 4.82. The Hall–Kier alpha value is 0.136. The first-order valence-corrected chi connectivity index (χ1v) is 3.41. The first kappa shape index (κ1) is 12.1. The third kappa shape index (κ3) is 4.90. The van der Waals surface area contributed by atoms with Crippen LogP contribution in [-0.4, -0.2) is 0 Å². The van der Waals surface area contributed by atoms with Crippen molar-refractivity contribution in [1.29, 1.82) is 0 Å². The van der Waals surface area contributed by atoms with E-state index in [-0.39, 0.29) is 52.8 Å². The van der Waals surface area contributed by atoms with Gasteiger partial charge < -0.3 is 6.16 Å². The maximum absolute atomic E-state index is 4.82. The van der Waals surface area contributed by atoms with Gasteiger partial charge in [0, 0.05) is 0 Å². The van der Waals surface area contributed by atoms with Crippen LogP contribution in [0.25, 0.3) is 6.08 Å². The smallest absolute Gasteiger partial charge is 1.00 e. The van der Waals surface area contributed by atoms with Gasteiger partial charge in [-0.1, -0.05) is 36.9 Å². The molecule has 0 aliphatic carbocycles. The molecule has 0 heterocycles. The van der Waals surface area contributed by atoms with Crippen molar-refractivity contribution in [2.45, 2.75) is 0 Å². The van der Waals surface area contributed by atoms with E-state index in [0.29, 0.717) is 0 Å². The summed E-state index contributed by atoms with van der Waals surface area (Å²) in [6, 6.07) is 9.94. The van der Waals surface area contributed by atoms with E-state index in [1.54, 1.807) is 6.26 Å². The topological polar surface area (TPSA) is 9.23 Å².